The minimum Gasteiger partial charge on any atom is -0.484 e. The Morgan fingerprint density at radius 1 is 1.12 bits per heavy atom. The van der Waals surface area contributed by atoms with E-state index < -0.39 is 0 Å². The van der Waals surface area contributed by atoms with Crippen molar-refractivity contribution in [3.8, 4) is 5.75 Å². The van der Waals surface area contributed by atoms with Crippen LogP contribution >= 0.6 is 23.5 Å². The summed E-state index contributed by atoms with van der Waals surface area (Å²) in [7, 11) is 0. The predicted octanol–water partition coefficient (Wildman–Crippen LogP) is 4.80. The zero-order chi connectivity index (χ0) is 16.9. The molecule has 1 N–H and O–H groups in total. The lowest BCUT2D eigenvalue weighted by molar-refractivity contribution is -0.118. The molecular formula is C19H21NO2S2. The number of nitrogens with one attached hydrogen (secondary N) is 1. The summed E-state index contributed by atoms with van der Waals surface area (Å²) in [5, 5.41) is 2.91. The molecule has 1 saturated heterocycles. The van der Waals surface area contributed by atoms with Gasteiger partial charge in [0.1, 0.15) is 5.75 Å². The van der Waals surface area contributed by atoms with Crippen molar-refractivity contribution in [2.45, 2.75) is 18.4 Å². The average molecular weight is 360 g/mol. The molecule has 3 rings (SSSR count). The monoisotopic (exact) mass is 359 g/mol. The van der Waals surface area contributed by atoms with Crippen molar-refractivity contribution in [3.05, 3.63) is 59.2 Å². The molecule has 0 aromatic heterocycles. The predicted molar refractivity (Wildman–Crippen MR) is 104 cm³/mol. The van der Waals surface area contributed by atoms with E-state index in [2.05, 4.69) is 17.4 Å². The molecule has 0 aliphatic carbocycles. The minimum absolute atomic E-state index is 0.0135. The van der Waals surface area contributed by atoms with Crippen LogP contribution in [0.3, 0.4) is 0 Å². The minimum atomic E-state index is -0.144. The Morgan fingerprint density at radius 2 is 1.83 bits per heavy atom. The highest BCUT2D eigenvalue weighted by atomic mass is 32.2. The maximum atomic E-state index is 12.1. The maximum Gasteiger partial charge on any atom is 0.262 e. The molecule has 2 aromatic rings. The van der Waals surface area contributed by atoms with Gasteiger partial charge in [-0.15, -0.1) is 23.5 Å². The van der Waals surface area contributed by atoms with Crippen molar-refractivity contribution in [1.82, 2.24) is 0 Å². The van der Waals surface area contributed by atoms with Gasteiger partial charge in [-0.1, -0.05) is 24.3 Å². The van der Waals surface area contributed by atoms with Gasteiger partial charge in [-0.3, -0.25) is 4.79 Å². The molecule has 3 nitrogen and oxygen atoms in total. The van der Waals surface area contributed by atoms with Crippen LogP contribution in [0.1, 0.15) is 21.3 Å². The van der Waals surface area contributed by atoms with Gasteiger partial charge in [0.2, 0.25) is 0 Å². The topological polar surface area (TPSA) is 38.3 Å². The Morgan fingerprint density at radius 3 is 2.54 bits per heavy atom. The van der Waals surface area contributed by atoms with Gasteiger partial charge in [0.05, 0.1) is 4.58 Å². The highest BCUT2D eigenvalue weighted by molar-refractivity contribution is 8.19. The summed E-state index contributed by atoms with van der Waals surface area (Å²) in [5.41, 5.74) is 4.40. The van der Waals surface area contributed by atoms with Crippen LogP contribution in [0, 0.1) is 13.8 Å². The second-order valence-corrected chi connectivity index (χ2v) is 8.45. The van der Waals surface area contributed by atoms with Crippen LogP contribution in [-0.4, -0.2) is 24.0 Å². The molecule has 1 fully saturated rings. The van der Waals surface area contributed by atoms with Crippen LogP contribution < -0.4 is 10.1 Å². The molecule has 0 spiro atoms. The van der Waals surface area contributed by atoms with Gasteiger partial charge >= 0.3 is 0 Å². The van der Waals surface area contributed by atoms with E-state index in [1.807, 2.05) is 67.7 Å². The quantitative estimate of drug-likeness (QED) is 0.832. The number of amides is 1. The summed E-state index contributed by atoms with van der Waals surface area (Å²) in [6, 6.07) is 14.0. The van der Waals surface area contributed by atoms with Crippen LogP contribution in [0.15, 0.2) is 42.5 Å². The summed E-state index contributed by atoms with van der Waals surface area (Å²) in [4.78, 5) is 12.1. The molecule has 0 radical (unpaired) electrons. The zero-order valence-electron chi connectivity index (χ0n) is 13.9. The molecule has 2 aromatic carbocycles. The van der Waals surface area contributed by atoms with Crippen molar-refractivity contribution in [2.75, 3.05) is 23.4 Å². The van der Waals surface area contributed by atoms with Crippen LogP contribution in [0.2, 0.25) is 0 Å². The maximum absolute atomic E-state index is 12.1. The molecule has 5 heteroatoms. The number of carbonyl (C=O) groups is 1. The van der Waals surface area contributed by atoms with Gasteiger partial charge in [0.15, 0.2) is 6.61 Å². The normalized spacial score (nSPS) is 14.6. The summed E-state index contributed by atoms with van der Waals surface area (Å²) < 4.78 is 6.14. The number of hydrogen-bond donors (Lipinski definition) is 1. The number of carbonyl (C=O) groups excluding carboxylic acids is 1. The Hall–Kier alpha value is -1.59. The molecule has 0 unspecified atom stereocenters. The molecule has 1 amide bonds. The van der Waals surface area contributed by atoms with Crippen molar-refractivity contribution < 1.29 is 9.53 Å². The van der Waals surface area contributed by atoms with Crippen LogP contribution in [-0.2, 0) is 4.79 Å². The van der Waals surface area contributed by atoms with E-state index in [-0.39, 0.29) is 12.5 Å². The van der Waals surface area contributed by atoms with Gasteiger partial charge in [-0.05, 0) is 48.7 Å². The third kappa shape index (κ3) is 4.28. The largest absolute Gasteiger partial charge is 0.484 e. The summed E-state index contributed by atoms with van der Waals surface area (Å²) in [5.74, 6) is 3.01. The molecule has 24 heavy (non-hydrogen) atoms. The van der Waals surface area contributed by atoms with E-state index in [4.69, 9.17) is 4.74 Å². The van der Waals surface area contributed by atoms with E-state index in [0.29, 0.717) is 4.58 Å². The third-order valence-corrected chi connectivity index (χ3v) is 7.13. The fourth-order valence-corrected chi connectivity index (χ4v) is 5.35. The molecule has 0 bridgehead atoms. The van der Waals surface area contributed by atoms with Crippen molar-refractivity contribution in [3.63, 3.8) is 0 Å². The SMILES string of the molecule is Cc1cccc(NC(=O)COc2ccc(C3SCCS3)cc2)c1C. The highest BCUT2D eigenvalue weighted by Gasteiger charge is 2.18. The summed E-state index contributed by atoms with van der Waals surface area (Å²) in [6.45, 7) is 4.05. The van der Waals surface area contributed by atoms with Crippen LogP contribution in [0.4, 0.5) is 5.69 Å². The molecule has 1 aliphatic heterocycles. The number of ether oxygens (including phenoxy) is 1. The summed E-state index contributed by atoms with van der Waals surface area (Å²) in [6.07, 6.45) is 0. The lowest BCUT2D eigenvalue weighted by atomic mass is 10.1. The van der Waals surface area contributed by atoms with Gasteiger partial charge in [-0.2, -0.15) is 0 Å². The standard InChI is InChI=1S/C19H21NO2S2/c1-13-4-3-5-17(14(13)2)20-18(21)12-22-16-8-6-15(7-9-16)19-23-10-11-24-19/h3-9,19H,10-12H2,1-2H3,(H,20,21). The van der Waals surface area contributed by atoms with Crippen molar-refractivity contribution in [2.24, 2.45) is 0 Å². The number of thioether (sulfide) groups is 2. The first-order chi connectivity index (χ1) is 11.6. The smallest absolute Gasteiger partial charge is 0.262 e. The van der Waals surface area contributed by atoms with Crippen molar-refractivity contribution >= 4 is 35.1 Å². The number of hydrogen-bond acceptors (Lipinski definition) is 4. The number of rotatable bonds is 5. The van der Waals surface area contributed by atoms with Gasteiger partial charge in [-0.25, -0.2) is 0 Å². The molecular weight excluding hydrogens is 338 g/mol. The number of aryl methyl sites for hydroxylation is 1. The van der Waals surface area contributed by atoms with E-state index in [1.54, 1.807) is 0 Å². The van der Waals surface area contributed by atoms with Crippen molar-refractivity contribution in [1.29, 1.82) is 0 Å². The molecule has 1 aliphatic rings. The Bertz CT molecular complexity index is 710. The summed E-state index contributed by atoms with van der Waals surface area (Å²) >= 11 is 3.96. The van der Waals surface area contributed by atoms with E-state index in [9.17, 15) is 4.79 Å². The Kier molecular flexibility index (Phi) is 5.74. The first-order valence-electron chi connectivity index (χ1n) is 7.95. The zero-order valence-corrected chi connectivity index (χ0v) is 15.5. The molecule has 126 valence electrons. The first-order valence-corrected chi connectivity index (χ1v) is 10.1. The van der Waals surface area contributed by atoms with Gasteiger partial charge < -0.3 is 10.1 Å². The second-order valence-electron chi connectivity index (χ2n) is 5.73. The fraction of sp³-hybridized carbons (Fsp3) is 0.316. The lowest BCUT2D eigenvalue weighted by Crippen LogP contribution is -2.20. The average Bonchev–Trinajstić information content (AvgIpc) is 3.12. The van der Waals surface area contributed by atoms with Gasteiger partial charge in [0, 0.05) is 17.2 Å². The lowest BCUT2D eigenvalue weighted by Gasteiger charge is -2.12. The first kappa shape index (κ1) is 17.2. The van der Waals surface area contributed by atoms with Crippen LogP contribution in [0.5, 0.6) is 5.75 Å². The Labute approximate surface area is 151 Å². The van der Waals surface area contributed by atoms with Crippen LogP contribution in [0.25, 0.3) is 0 Å². The van der Waals surface area contributed by atoms with E-state index >= 15 is 0 Å². The third-order valence-electron chi connectivity index (χ3n) is 4.02. The van der Waals surface area contributed by atoms with E-state index in [0.717, 1.165) is 22.6 Å². The number of anilines is 1. The number of benzene rings is 2. The second kappa shape index (κ2) is 7.99. The van der Waals surface area contributed by atoms with Gasteiger partial charge in [0.25, 0.3) is 5.91 Å². The van der Waals surface area contributed by atoms with E-state index in [1.165, 1.54) is 17.1 Å². The molecule has 1 heterocycles. The molecule has 0 saturated carbocycles. The Balaban J connectivity index is 1.53. The molecule has 0 atom stereocenters. The fourth-order valence-electron chi connectivity index (χ4n) is 2.49. The highest BCUT2D eigenvalue weighted by Crippen LogP contribution is 2.45.